The summed E-state index contributed by atoms with van der Waals surface area (Å²) < 4.78 is 25.7. The molecule has 0 aliphatic rings. The molecular weight excluding hydrogens is 364 g/mol. The number of hydrogen-bond acceptors (Lipinski definition) is 1. The highest BCUT2D eigenvalue weighted by Gasteiger charge is 2.18. The standard InChI is InChI=1S/C6H2Br3F2N/c7-2-1-12-5(9)4(8)3(2)6(10)11/h1,6H. The monoisotopic (exact) mass is 363 g/mol. The van der Waals surface area contributed by atoms with Crippen LogP contribution in [0.2, 0.25) is 0 Å². The molecule has 0 aromatic carbocycles. The van der Waals surface area contributed by atoms with Crippen molar-refractivity contribution in [3.8, 4) is 0 Å². The second-order valence-electron chi connectivity index (χ2n) is 1.93. The van der Waals surface area contributed by atoms with Crippen molar-refractivity contribution in [3.63, 3.8) is 0 Å². The molecule has 1 heterocycles. The molecule has 1 aromatic rings. The van der Waals surface area contributed by atoms with Gasteiger partial charge in [0.15, 0.2) is 0 Å². The Morgan fingerprint density at radius 3 is 2.25 bits per heavy atom. The number of pyridine rings is 1. The summed E-state index contributed by atoms with van der Waals surface area (Å²) in [6.45, 7) is 0. The maximum absolute atomic E-state index is 12.4. The predicted octanol–water partition coefficient (Wildman–Crippen LogP) is 4.31. The lowest BCUT2D eigenvalue weighted by atomic mass is 10.3. The van der Waals surface area contributed by atoms with Gasteiger partial charge < -0.3 is 0 Å². The van der Waals surface area contributed by atoms with Crippen LogP contribution in [0.15, 0.2) is 19.7 Å². The maximum Gasteiger partial charge on any atom is 0.266 e. The highest BCUT2D eigenvalue weighted by molar-refractivity contribution is 9.13. The minimum Gasteiger partial charge on any atom is -0.247 e. The fourth-order valence-electron chi connectivity index (χ4n) is 0.656. The minimum absolute atomic E-state index is 0.0862. The molecule has 0 amide bonds. The van der Waals surface area contributed by atoms with Crippen molar-refractivity contribution < 1.29 is 8.78 Å². The van der Waals surface area contributed by atoms with E-state index >= 15 is 0 Å². The van der Waals surface area contributed by atoms with Crippen molar-refractivity contribution in [1.82, 2.24) is 4.98 Å². The first-order valence-electron chi connectivity index (χ1n) is 2.81. The molecule has 1 nitrogen and oxygen atoms in total. The summed E-state index contributed by atoms with van der Waals surface area (Å²) in [4.78, 5) is 3.81. The van der Waals surface area contributed by atoms with Crippen LogP contribution in [-0.2, 0) is 0 Å². The zero-order chi connectivity index (χ0) is 9.30. The number of halogens is 5. The minimum atomic E-state index is -2.52. The number of aromatic nitrogens is 1. The molecule has 0 unspecified atom stereocenters. The van der Waals surface area contributed by atoms with Crippen LogP contribution in [0.3, 0.4) is 0 Å². The molecule has 12 heavy (non-hydrogen) atoms. The molecular formula is C6H2Br3F2N. The average molecular weight is 366 g/mol. The van der Waals surface area contributed by atoms with Gasteiger partial charge in [-0.15, -0.1) is 0 Å². The molecule has 0 fully saturated rings. The van der Waals surface area contributed by atoms with E-state index in [-0.39, 0.29) is 10.0 Å². The summed E-state index contributed by atoms with van der Waals surface area (Å²) in [5.74, 6) is 0. The molecule has 0 N–H and O–H groups in total. The van der Waals surface area contributed by atoms with Gasteiger partial charge in [0.1, 0.15) is 4.60 Å². The van der Waals surface area contributed by atoms with Crippen molar-refractivity contribution in [2.24, 2.45) is 0 Å². The summed E-state index contributed by atoms with van der Waals surface area (Å²) in [5, 5.41) is 0. The van der Waals surface area contributed by atoms with Crippen LogP contribution in [0.1, 0.15) is 12.0 Å². The quantitative estimate of drug-likeness (QED) is 0.676. The Bertz CT molecular complexity index is 303. The summed E-state index contributed by atoms with van der Waals surface area (Å²) in [6, 6.07) is 0. The Balaban J connectivity index is 3.33. The van der Waals surface area contributed by atoms with Gasteiger partial charge in [-0.2, -0.15) is 0 Å². The summed E-state index contributed by atoms with van der Waals surface area (Å²) >= 11 is 9.04. The average Bonchev–Trinajstić information content (AvgIpc) is 1.97. The normalized spacial score (nSPS) is 10.8. The topological polar surface area (TPSA) is 12.9 Å². The summed E-state index contributed by atoms with van der Waals surface area (Å²) in [5.41, 5.74) is -0.0862. The molecule has 0 bridgehead atoms. The highest BCUT2D eigenvalue weighted by Crippen LogP contribution is 2.36. The summed E-state index contributed by atoms with van der Waals surface area (Å²) in [7, 11) is 0. The number of rotatable bonds is 1. The zero-order valence-electron chi connectivity index (χ0n) is 5.49. The third-order valence-electron chi connectivity index (χ3n) is 1.18. The van der Waals surface area contributed by atoms with E-state index in [9.17, 15) is 8.78 Å². The molecule has 0 saturated heterocycles. The van der Waals surface area contributed by atoms with Gasteiger partial charge in [-0.3, -0.25) is 0 Å². The largest absolute Gasteiger partial charge is 0.266 e. The fraction of sp³-hybridized carbons (Fsp3) is 0.167. The lowest BCUT2D eigenvalue weighted by molar-refractivity contribution is 0.149. The van der Waals surface area contributed by atoms with Crippen molar-refractivity contribution in [2.45, 2.75) is 6.43 Å². The van der Waals surface area contributed by atoms with Crippen LogP contribution < -0.4 is 0 Å². The number of nitrogens with zero attached hydrogens (tertiary/aromatic N) is 1. The highest BCUT2D eigenvalue weighted by atomic mass is 79.9. The number of hydrogen-bond donors (Lipinski definition) is 0. The van der Waals surface area contributed by atoms with Crippen LogP contribution in [0.4, 0.5) is 8.78 Å². The molecule has 0 spiro atoms. The van der Waals surface area contributed by atoms with Crippen molar-refractivity contribution >= 4 is 47.8 Å². The molecule has 6 heteroatoms. The van der Waals surface area contributed by atoms with Gasteiger partial charge in [0.05, 0.1) is 10.0 Å². The third-order valence-corrected chi connectivity index (χ3v) is 3.75. The van der Waals surface area contributed by atoms with Crippen LogP contribution in [0.5, 0.6) is 0 Å². The van der Waals surface area contributed by atoms with Crippen LogP contribution >= 0.6 is 47.8 Å². The van der Waals surface area contributed by atoms with Crippen LogP contribution in [0.25, 0.3) is 0 Å². The lowest BCUT2D eigenvalue weighted by Gasteiger charge is -2.06. The summed E-state index contributed by atoms with van der Waals surface area (Å²) in [6.07, 6.45) is -1.19. The first kappa shape index (κ1) is 10.5. The molecule has 0 aliphatic carbocycles. The van der Waals surface area contributed by atoms with Gasteiger partial charge in [0, 0.05) is 10.7 Å². The molecule has 1 rings (SSSR count). The number of alkyl halides is 2. The van der Waals surface area contributed by atoms with Gasteiger partial charge in [0.2, 0.25) is 0 Å². The van der Waals surface area contributed by atoms with Gasteiger partial charge in [0.25, 0.3) is 6.43 Å². The Labute approximate surface area is 92.9 Å². The molecule has 1 aromatic heterocycles. The van der Waals surface area contributed by atoms with E-state index in [2.05, 4.69) is 52.8 Å². The van der Waals surface area contributed by atoms with Gasteiger partial charge in [-0.1, -0.05) is 0 Å². The van der Waals surface area contributed by atoms with Crippen molar-refractivity contribution in [1.29, 1.82) is 0 Å². The predicted molar refractivity (Wildman–Crippen MR) is 52.3 cm³/mol. The Hall–Kier alpha value is 0.450. The van der Waals surface area contributed by atoms with E-state index in [0.717, 1.165) is 0 Å². The lowest BCUT2D eigenvalue weighted by Crippen LogP contribution is -1.91. The van der Waals surface area contributed by atoms with Crippen LogP contribution in [0, 0.1) is 0 Å². The van der Waals surface area contributed by atoms with E-state index in [4.69, 9.17) is 0 Å². The first-order chi connectivity index (χ1) is 5.54. The van der Waals surface area contributed by atoms with Crippen LogP contribution in [-0.4, -0.2) is 4.98 Å². The Morgan fingerprint density at radius 2 is 1.83 bits per heavy atom. The van der Waals surface area contributed by atoms with E-state index < -0.39 is 6.43 Å². The third kappa shape index (κ3) is 2.03. The molecule has 0 aliphatic heterocycles. The maximum atomic E-state index is 12.4. The second-order valence-corrected chi connectivity index (χ2v) is 4.32. The van der Waals surface area contributed by atoms with Crippen molar-refractivity contribution in [3.05, 3.63) is 25.3 Å². The second kappa shape index (κ2) is 4.11. The van der Waals surface area contributed by atoms with E-state index in [0.29, 0.717) is 9.08 Å². The van der Waals surface area contributed by atoms with Crippen molar-refractivity contribution in [2.75, 3.05) is 0 Å². The molecule has 0 radical (unpaired) electrons. The first-order valence-corrected chi connectivity index (χ1v) is 5.19. The van der Waals surface area contributed by atoms with Gasteiger partial charge in [-0.25, -0.2) is 13.8 Å². The SMILES string of the molecule is FC(F)c1c(Br)cnc(Br)c1Br. The Morgan fingerprint density at radius 1 is 1.25 bits per heavy atom. The van der Waals surface area contributed by atoms with E-state index in [1.165, 1.54) is 6.20 Å². The van der Waals surface area contributed by atoms with Gasteiger partial charge >= 0.3 is 0 Å². The van der Waals surface area contributed by atoms with Gasteiger partial charge in [-0.05, 0) is 47.8 Å². The smallest absolute Gasteiger partial charge is 0.247 e. The molecule has 0 saturated carbocycles. The fourth-order valence-corrected chi connectivity index (χ4v) is 2.20. The van der Waals surface area contributed by atoms with E-state index in [1.807, 2.05) is 0 Å². The zero-order valence-corrected chi connectivity index (χ0v) is 10.2. The molecule has 0 atom stereocenters. The Kier molecular flexibility index (Phi) is 3.60. The molecule has 66 valence electrons. The van der Waals surface area contributed by atoms with E-state index in [1.54, 1.807) is 0 Å².